The van der Waals surface area contributed by atoms with E-state index in [-0.39, 0.29) is 5.56 Å². The van der Waals surface area contributed by atoms with Crippen molar-refractivity contribution in [2.45, 2.75) is 9.92 Å². The Morgan fingerprint density at radius 3 is 2.89 bits per heavy atom. The van der Waals surface area contributed by atoms with E-state index < -0.39 is 5.97 Å². The van der Waals surface area contributed by atoms with Crippen LogP contribution < -0.4 is 0 Å². The molecule has 4 nitrogen and oxygen atoms in total. The van der Waals surface area contributed by atoms with Gasteiger partial charge >= 0.3 is 5.97 Å². The number of rotatable bonds is 3. The fourth-order valence-corrected chi connectivity index (χ4v) is 2.53. The minimum Gasteiger partial charge on any atom is -0.478 e. The summed E-state index contributed by atoms with van der Waals surface area (Å²) < 4.78 is 0. The van der Waals surface area contributed by atoms with Gasteiger partial charge in [0.25, 0.3) is 0 Å². The van der Waals surface area contributed by atoms with Crippen molar-refractivity contribution in [2.75, 3.05) is 0 Å². The molecule has 94 valence electrons. The van der Waals surface area contributed by atoms with Crippen LogP contribution in [0, 0.1) is 11.3 Å². The normalized spacial score (nSPS) is 9.89. The summed E-state index contributed by atoms with van der Waals surface area (Å²) in [6.07, 6.45) is 1.51. The number of pyridine rings is 1. The van der Waals surface area contributed by atoms with E-state index in [1.165, 1.54) is 18.3 Å². The van der Waals surface area contributed by atoms with Crippen molar-refractivity contribution in [3.05, 3.63) is 52.7 Å². The van der Waals surface area contributed by atoms with E-state index in [0.717, 1.165) is 11.8 Å². The number of aromatic nitrogens is 1. The van der Waals surface area contributed by atoms with Crippen molar-refractivity contribution in [3.8, 4) is 6.07 Å². The summed E-state index contributed by atoms with van der Waals surface area (Å²) >= 11 is 6.94. The van der Waals surface area contributed by atoms with E-state index in [1.807, 2.05) is 6.07 Å². The predicted octanol–water partition coefficient (Wildman–Crippen LogP) is 3.46. The highest BCUT2D eigenvalue weighted by atomic mass is 35.5. The topological polar surface area (TPSA) is 74.0 Å². The molecule has 0 saturated carbocycles. The van der Waals surface area contributed by atoms with Crippen LogP contribution in [0.1, 0.15) is 15.9 Å². The van der Waals surface area contributed by atoms with E-state index in [0.29, 0.717) is 20.5 Å². The largest absolute Gasteiger partial charge is 0.478 e. The first-order chi connectivity index (χ1) is 9.11. The molecule has 0 unspecified atom stereocenters. The Kier molecular flexibility index (Phi) is 4.05. The lowest BCUT2D eigenvalue weighted by atomic mass is 10.2. The molecule has 0 aliphatic rings. The van der Waals surface area contributed by atoms with Gasteiger partial charge in [0.15, 0.2) is 0 Å². The fraction of sp³-hybridized carbons (Fsp3) is 0. The average Bonchev–Trinajstić information content (AvgIpc) is 2.41. The highest BCUT2D eigenvalue weighted by Crippen LogP contribution is 2.32. The fourth-order valence-electron chi connectivity index (χ4n) is 1.42. The number of aromatic carboxylic acids is 1. The lowest BCUT2D eigenvalue weighted by Gasteiger charge is -2.06. The number of nitrogens with zero attached hydrogens (tertiary/aromatic N) is 2. The standard InChI is InChI=1S/C13H7ClN2O2S/c14-9-3-4-11(8(6-9)7-15)19-12-10(13(17)18)2-1-5-16-12/h1-6H,(H,17,18). The van der Waals surface area contributed by atoms with Crippen LogP contribution >= 0.6 is 23.4 Å². The van der Waals surface area contributed by atoms with Crippen molar-refractivity contribution in [1.82, 2.24) is 4.98 Å². The van der Waals surface area contributed by atoms with E-state index in [2.05, 4.69) is 4.98 Å². The minimum atomic E-state index is -1.05. The Morgan fingerprint density at radius 1 is 1.42 bits per heavy atom. The van der Waals surface area contributed by atoms with Gasteiger partial charge in [-0.05, 0) is 30.3 Å². The quantitative estimate of drug-likeness (QED) is 0.937. The molecule has 1 heterocycles. The second-order valence-electron chi connectivity index (χ2n) is 3.52. The Hall–Kier alpha value is -2.03. The van der Waals surface area contributed by atoms with Crippen molar-refractivity contribution in [2.24, 2.45) is 0 Å². The molecule has 1 aromatic heterocycles. The summed E-state index contributed by atoms with van der Waals surface area (Å²) in [6, 6.07) is 9.91. The van der Waals surface area contributed by atoms with Gasteiger partial charge in [0.2, 0.25) is 0 Å². The molecule has 0 amide bonds. The monoisotopic (exact) mass is 290 g/mol. The second kappa shape index (κ2) is 5.74. The van der Waals surface area contributed by atoms with Crippen molar-refractivity contribution >= 4 is 29.3 Å². The Bertz CT molecular complexity index is 683. The highest BCUT2D eigenvalue weighted by molar-refractivity contribution is 7.99. The molecule has 2 aromatic rings. The first-order valence-electron chi connectivity index (χ1n) is 5.17. The maximum Gasteiger partial charge on any atom is 0.338 e. The third-order valence-electron chi connectivity index (χ3n) is 2.27. The number of carboxylic acids is 1. The number of benzene rings is 1. The number of hydrogen-bond donors (Lipinski definition) is 1. The molecule has 0 radical (unpaired) electrons. The Morgan fingerprint density at radius 2 is 2.21 bits per heavy atom. The van der Waals surface area contributed by atoms with Crippen LogP contribution in [-0.2, 0) is 0 Å². The first-order valence-corrected chi connectivity index (χ1v) is 6.37. The summed E-state index contributed by atoms with van der Waals surface area (Å²) in [5.41, 5.74) is 0.492. The smallest absolute Gasteiger partial charge is 0.338 e. The molecule has 1 N–H and O–H groups in total. The molecule has 0 bridgehead atoms. The third-order valence-corrected chi connectivity index (χ3v) is 3.60. The summed E-state index contributed by atoms with van der Waals surface area (Å²) in [7, 11) is 0. The molecule has 6 heteroatoms. The number of hydrogen-bond acceptors (Lipinski definition) is 4. The van der Waals surface area contributed by atoms with Crippen LogP contribution in [0.4, 0.5) is 0 Å². The van der Waals surface area contributed by atoms with Gasteiger partial charge in [-0.3, -0.25) is 0 Å². The molecule has 0 fully saturated rings. The van der Waals surface area contributed by atoms with Crippen LogP contribution in [-0.4, -0.2) is 16.1 Å². The van der Waals surface area contributed by atoms with Gasteiger partial charge in [-0.2, -0.15) is 5.26 Å². The van der Waals surface area contributed by atoms with Gasteiger partial charge in [0.1, 0.15) is 11.1 Å². The van der Waals surface area contributed by atoms with Gasteiger partial charge in [-0.1, -0.05) is 23.4 Å². The molecule has 19 heavy (non-hydrogen) atoms. The van der Waals surface area contributed by atoms with Gasteiger partial charge in [0.05, 0.1) is 11.1 Å². The van der Waals surface area contributed by atoms with E-state index in [4.69, 9.17) is 22.0 Å². The summed E-state index contributed by atoms with van der Waals surface area (Å²) in [4.78, 5) is 15.7. The molecule has 0 atom stereocenters. The highest BCUT2D eigenvalue weighted by Gasteiger charge is 2.13. The zero-order valence-electron chi connectivity index (χ0n) is 9.50. The predicted molar refractivity (Wildman–Crippen MR) is 71.5 cm³/mol. The molecular weight excluding hydrogens is 284 g/mol. The summed E-state index contributed by atoms with van der Waals surface area (Å²) in [5.74, 6) is -1.05. The molecule has 0 aliphatic heterocycles. The maximum absolute atomic E-state index is 11.1. The Balaban J connectivity index is 2.43. The van der Waals surface area contributed by atoms with Crippen LogP contribution in [0.25, 0.3) is 0 Å². The summed E-state index contributed by atoms with van der Waals surface area (Å²) in [6.45, 7) is 0. The minimum absolute atomic E-state index is 0.103. The number of carboxylic acid groups (broad SMARTS) is 1. The van der Waals surface area contributed by atoms with Gasteiger partial charge in [0, 0.05) is 16.1 Å². The summed E-state index contributed by atoms with van der Waals surface area (Å²) in [5, 5.41) is 18.9. The zero-order chi connectivity index (χ0) is 13.8. The maximum atomic E-state index is 11.1. The van der Waals surface area contributed by atoms with Gasteiger partial charge in [-0.25, -0.2) is 9.78 Å². The van der Waals surface area contributed by atoms with E-state index in [9.17, 15) is 4.79 Å². The SMILES string of the molecule is N#Cc1cc(Cl)ccc1Sc1ncccc1C(=O)O. The molecule has 0 saturated heterocycles. The lowest BCUT2D eigenvalue weighted by Crippen LogP contribution is -2.00. The van der Waals surface area contributed by atoms with Crippen LogP contribution in [0.15, 0.2) is 46.5 Å². The van der Waals surface area contributed by atoms with Gasteiger partial charge in [-0.15, -0.1) is 0 Å². The van der Waals surface area contributed by atoms with E-state index >= 15 is 0 Å². The second-order valence-corrected chi connectivity index (χ2v) is 4.98. The molecule has 1 aromatic carbocycles. The van der Waals surface area contributed by atoms with Crippen LogP contribution in [0.2, 0.25) is 5.02 Å². The van der Waals surface area contributed by atoms with Crippen molar-refractivity contribution < 1.29 is 9.90 Å². The zero-order valence-corrected chi connectivity index (χ0v) is 11.1. The van der Waals surface area contributed by atoms with Gasteiger partial charge < -0.3 is 5.11 Å². The molecular formula is C13H7ClN2O2S. The van der Waals surface area contributed by atoms with Crippen molar-refractivity contribution in [1.29, 1.82) is 5.26 Å². The van der Waals surface area contributed by atoms with Crippen LogP contribution in [0.5, 0.6) is 0 Å². The number of nitriles is 1. The van der Waals surface area contributed by atoms with Crippen molar-refractivity contribution in [3.63, 3.8) is 0 Å². The van der Waals surface area contributed by atoms with E-state index in [1.54, 1.807) is 18.2 Å². The number of halogens is 1. The lowest BCUT2D eigenvalue weighted by molar-refractivity contribution is 0.0692. The first kappa shape index (κ1) is 13.4. The Labute approximate surface area is 118 Å². The molecule has 0 aliphatic carbocycles. The molecule has 0 spiro atoms. The van der Waals surface area contributed by atoms with Crippen LogP contribution in [0.3, 0.4) is 0 Å². The molecule has 2 rings (SSSR count). The number of carbonyl (C=O) groups is 1. The third kappa shape index (κ3) is 3.05. The average molecular weight is 291 g/mol.